The molecule has 1 rings (SSSR count). The Bertz CT molecular complexity index is 206. The molecule has 0 aliphatic carbocycles. The van der Waals surface area contributed by atoms with Gasteiger partial charge in [-0.3, -0.25) is 4.79 Å². The molecular weight excluding hydrogens is 132 g/mol. The number of rotatable bonds is 2. The Hall–Kier alpha value is -1.32. The van der Waals surface area contributed by atoms with Crippen molar-refractivity contribution in [2.24, 2.45) is 0 Å². The fourth-order valence-electron chi connectivity index (χ4n) is 0.534. The van der Waals surface area contributed by atoms with Crippen LogP contribution in [0.25, 0.3) is 0 Å². The summed E-state index contributed by atoms with van der Waals surface area (Å²) in [6, 6.07) is 1.49. The molecule has 0 saturated heterocycles. The van der Waals surface area contributed by atoms with Gasteiger partial charge >= 0.3 is 0 Å². The lowest BCUT2D eigenvalue weighted by Gasteiger charge is -1.93. The molecule has 0 saturated carbocycles. The quantitative estimate of drug-likeness (QED) is 0.638. The van der Waals surface area contributed by atoms with Gasteiger partial charge in [0, 0.05) is 12.6 Å². The third-order valence-corrected chi connectivity index (χ3v) is 0.947. The fourth-order valence-corrected chi connectivity index (χ4v) is 0.534. The lowest BCUT2D eigenvalue weighted by atomic mass is 10.4. The molecule has 0 spiro atoms. The maximum atomic E-state index is 10.8. The molecule has 1 radical (unpaired) electrons. The van der Waals surface area contributed by atoms with Gasteiger partial charge in [-0.15, -0.1) is 0 Å². The molecule has 0 aromatic carbocycles. The number of aromatic nitrogens is 1. The molecule has 1 aromatic heterocycles. The Morgan fingerprint density at radius 1 is 1.90 bits per heavy atom. The first-order valence-corrected chi connectivity index (χ1v) is 2.82. The molecule has 0 aliphatic rings. The van der Waals surface area contributed by atoms with Crippen molar-refractivity contribution < 1.29 is 9.32 Å². The summed E-state index contributed by atoms with van der Waals surface area (Å²) >= 11 is 0. The summed E-state index contributed by atoms with van der Waals surface area (Å²) in [5, 5.41) is 5.83. The van der Waals surface area contributed by atoms with Gasteiger partial charge in [-0.1, -0.05) is 5.16 Å². The SMILES string of the molecule is [CH2]CNC(=O)c1ccno1. The van der Waals surface area contributed by atoms with Gasteiger partial charge in [0.05, 0.1) is 6.20 Å². The number of nitrogens with one attached hydrogen (secondary N) is 1. The van der Waals surface area contributed by atoms with Crippen molar-refractivity contribution >= 4 is 5.91 Å². The molecule has 10 heavy (non-hydrogen) atoms. The number of hydrogen-bond acceptors (Lipinski definition) is 3. The van der Waals surface area contributed by atoms with Gasteiger partial charge in [-0.05, 0) is 6.92 Å². The Morgan fingerprint density at radius 3 is 3.20 bits per heavy atom. The lowest BCUT2D eigenvalue weighted by molar-refractivity contribution is 0.0921. The zero-order valence-electron chi connectivity index (χ0n) is 5.33. The highest BCUT2D eigenvalue weighted by Gasteiger charge is 2.05. The van der Waals surface area contributed by atoms with Gasteiger partial charge in [-0.2, -0.15) is 0 Å². The Labute approximate surface area is 58.2 Å². The smallest absolute Gasteiger partial charge is 0.289 e. The summed E-state index contributed by atoms with van der Waals surface area (Å²) < 4.78 is 4.56. The van der Waals surface area contributed by atoms with E-state index in [1.165, 1.54) is 12.3 Å². The molecule has 0 unspecified atom stereocenters. The van der Waals surface area contributed by atoms with Crippen LogP contribution in [0.5, 0.6) is 0 Å². The van der Waals surface area contributed by atoms with E-state index in [0.717, 1.165) is 0 Å². The van der Waals surface area contributed by atoms with Crippen molar-refractivity contribution in [3.8, 4) is 0 Å². The molecule has 4 heteroatoms. The molecule has 0 atom stereocenters. The summed E-state index contributed by atoms with van der Waals surface area (Å²) in [5.41, 5.74) is 0. The minimum absolute atomic E-state index is 0.212. The summed E-state index contributed by atoms with van der Waals surface area (Å²) in [5.74, 6) is -0.0730. The number of nitrogens with zero attached hydrogens (tertiary/aromatic N) is 1. The van der Waals surface area contributed by atoms with Crippen molar-refractivity contribution in [1.82, 2.24) is 10.5 Å². The minimum atomic E-state index is -0.285. The summed E-state index contributed by atoms with van der Waals surface area (Å²) in [7, 11) is 0. The van der Waals surface area contributed by atoms with Gasteiger partial charge < -0.3 is 9.84 Å². The van der Waals surface area contributed by atoms with E-state index in [1.807, 2.05) is 0 Å². The summed E-state index contributed by atoms with van der Waals surface area (Å²) in [6.45, 7) is 3.79. The Morgan fingerprint density at radius 2 is 2.70 bits per heavy atom. The van der Waals surface area contributed by atoms with Crippen LogP contribution in [0, 0.1) is 6.92 Å². The molecule has 0 fully saturated rings. The first-order chi connectivity index (χ1) is 4.84. The average molecular weight is 139 g/mol. The molecule has 0 bridgehead atoms. The third-order valence-electron chi connectivity index (χ3n) is 0.947. The largest absolute Gasteiger partial charge is 0.351 e. The lowest BCUT2D eigenvalue weighted by Crippen LogP contribution is -2.22. The Kier molecular flexibility index (Phi) is 2.04. The van der Waals surface area contributed by atoms with E-state index in [0.29, 0.717) is 6.54 Å². The van der Waals surface area contributed by atoms with E-state index < -0.39 is 0 Å². The Balaban J connectivity index is 2.59. The zero-order chi connectivity index (χ0) is 7.40. The van der Waals surface area contributed by atoms with E-state index in [2.05, 4.69) is 21.9 Å². The molecule has 1 N–H and O–H groups in total. The van der Waals surface area contributed by atoms with Gasteiger partial charge in [0.15, 0.2) is 0 Å². The highest BCUT2D eigenvalue weighted by Crippen LogP contribution is 1.94. The highest BCUT2D eigenvalue weighted by atomic mass is 16.5. The van der Waals surface area contributed by atoms with Crippen molar-refractivity contribution in [2.45, 2.75) is 0 Å². The van der Waals surface area contributed by atoms with E-state index in [1.54, 1.807) is 0 Å². The fraction of sp³-hybridized carbons (Fsp3) is 0.167. The van der Waals surface area contributed by atoms with Crippen LogP contribution in [-0.2, 0) is 0 Å². The maximum Gasteiger partial charge on any atom is 0.289 e. The number of carbonyl (C=O) groups excluding carboxylic acids is 1. The highest BCUT2D eigenvalue weighted by molar-refractivity contribution is 5.91. The van der Waals surface area contributed by atoms with Crippen LogP contribution in [0.15, 0.2) is 16.8 Å². The monoisotopic (exact) mass is 139 g/mol. The second kappa shape index (κ2) is 3.00. The number of carbonyl (C=O) groups is 1. The number of hydrogen-bond donors (Lipinski definition) is 1. The van der Waals surface area contributed by atoms with E-state index in [-0.39, 0.29) is 11.7 Å². The van der Waals surface area contributed by atoms with E-state index in [4.69, 9.17) is 0 Å². The minimum Gasteiger partial charge on any atom is -0.351 e. The molecule has 0 aliphatic heterocycles. The topological polar surface area (TPSA) is 55.1 Å². The zero-order valence-corrected chi connectivity index (χ0v) is 5.33. The van der Waals surface area contributed by atoms with Crippen molar-refractivity contribution in [3.05, 3.63) is 24.9 Å². The number of amides is 1. The van der Waals surface area contributed by atoms with Crippen LogP contribution in [0.1, 0.15) is 10.6 Å². The van der Waals surface area contributed by atoms with E-state index in [9.17, 15) is 4.79 Å². The van der Waals surface area contributed by atoms with Crippen LogP contribution in [0.3, 0.4) is 0 Å². The standard InChI is InChI=1S/C6H7N2O2/c1-2-7-6(9)5-3-4-8-10-5/h3-4H,1-2H2,(H,7,9). The van der Waals surface area contributed by atoms with Crippen LogP contribution < -0.4 is 5.32 Å². The van der Waals surface area contributed by atoms with Crippen molar-refractivity contribution in [1.29, 1.82) is 0 Å². The van der Waals surface area contributed by atoms with Crippen molar-refractivity contribution in [2.75, 3.05) is 6.54 Å². The van der Waals surface area contributed by atoms with Crippen LogP contribution in [0.2, 0.25) is 0 Å². The predicted molar refractivity (Wildman–Crippen MR) is 34.2 cm³/mol. The summed E-state index contributed by atoms with van der Waals surface area (Å²) in [4.78, 5) is 10.8. The van der Waals surface area contributed by atoms with E-state index >= 15 is 0 Å². The van der Waals surface area contributed by atoms with Gasteiger partial charge in [0.25, 0.3) is 5.91 Å². The first kappa shape index (κ1) is 6.80. The van der Waals surface area contributed by atoms with Crippen LogP contribution >= 0.6 is 0 Å². The molecule has 1 heterocycles. The maximum absolute atomic E-state index is 10.8. The molecular formula is C6H7N2O2. The third kappa shape index (κ3) is 1.34. The normalized spacial score (nSPS) is 9.30. The molecule has 4 nitrogen and oxygen atoms in total. The van der Waals surface area contributed by atoms with Crippen molar-refractivity contribution in [3.63, 3.8) is 0 Å². The first-order valence-electron chi connectivity index (χ1n) is 2.82. The second-order valence-electron chi connectivity index (χ2n) is 1.63. The molecule has 53 valence electrons. The molecule has 1 amide bonds. The van der Waals surface area contributed by atoms with Gasteiger partial charge in [0.2, 0.25) is 5.76 Å². The average Bonchev–Trinajstić information content (AvgIpc) is 2.38. The summed E-state index contributed by atoms with van der Waals surface area (Å²) in [6.07, 6.45) is 1.41. The molecule has 1 aromatic rings. The predicted octanol–water partition coefficient (Wildman–Crippen LogP) is 0.238. The van der Waals surface area contributed by atoms with Gasteiger partial charge in [-0.25, -0.2) is 0 Å². The second-order valence-corrected chi connectivity index (χ2v) is 1.63. The van der Waals surface area contributed by atoms with Crippen LogP contribution in [-0.4, -0.2) is 17.6 Å². The van der Waals surface area contributed by atoms with Gasteiger partial charge in [0.1, 0.15) is 0 Å². The van der Waals surface area contributed by atoms with Crippen LogP contribution in [0.4, 0.5) is 0 Å².